The summed E-state index contributed by atoms with van der Waals surface area (Å²) in [6, 6.07) is 4.88. The van der Waals surface area contributed by atoms with Crippen LogP contribution in [0.1, 0.15) is 29.6 Å². The number of hydrogen-bond donors (Lipinski definition) is 2. The number of hydrazine groups is 1. The average Bonchev–Trinajstić information content (AvgIpc) is 3.14. The zero-order chi connectivity index (χ0) is 14.7. The summed E-state index contributed by atoms with van der Waals surface area (Å²) >= 11 is 0. The maximum atomic E-state index is 12.0. The first-order chi connectivity index (χ1) is 10.2. The topological polar surface area (TPSA) is 76.7 Å². The van der Waals surface area contributed by atoms with Crippen molar-refractivity contribution in [1.29, 1.82) is 0 Å². The molecule has 21 heavy (non-hydrogen) atoms. The molecule has 2 aliphatic rings. The third-order valence-corrected chi connectivity index (χ3v) is 3.51. The van der Waals surface area contributed by atoms with Crippen molar-refractivity contribution in [3.63, 3.8) is 0 Å². The first-order valence-electron chi connectivity index (χ1n) is 6.88. The van der Waals surface area contributed by atoms with E-state index in [-0.39, 0.29) is 24.5 Å². The first kappa shape index (κ1) is 13.5. The summed E-state index contributed by atoms with van der Waals surface area (Å²) < 4.78 is 10.4. The Morgan fingerprint density at radius 2 is 2.05 bits per heavy atom. The summed E-state index contributed by atoms with van der Waals surface area (Å²) in [5.74, 6) is 0.838. The highest BCUT2D eigenvalue weighted by atomic mass is 16.7. The molecule has 2 N–H and O–H groups in total. The second-order valence-corrected chi connectivity index (χ2v) is 5.04. The maximum absolute atomic E-state index is 12.0. The summed E-state index contributed by atoms with van der Waals surface area (Å²) in [5.41, 5.74) is 5.24. The Kier molecular flexibility index (Phi) is 3.77. The molecule has 0 saturated carbocycles. The third-order valence-electron chi connectivity index (χ3n) is 3.51. The number of fused-ring (bicyclic) bond motifs is 1. The molecular formula is C15H16N2O4. The van der Waals surface area contributed by atoms with Crippen molar-refractivity contribution in [1.82, 2.24) is 10.9 Å². The lowest BCUT2D eigenvalue weighted by atomic mass is 10.1. The SMILES string of the molecule is O=C(C[C@H]1C=CCC1)NNC(=O)c1ccc2c(c1)OCO2. The number of carbonyl (C=O) groups excluding carboxylic acids is 2. The predicted molar refractivity (Wildman–Crippen MR) is 74.7 cm³/mol. The van der Waals surface area contributed by atoms with E-state index in [1.807, 2.05) is 6.08 Å². The van der Waals surface area contributed by atoms with Crippen molar-refractivity contribution in [2.45, 2.75) is 19.3 Å². The number of ether oxygens (including phenoxy) is 2. The van der Waals surface area contributed by atoms with Crippen molar-refractivity contribution < 1.29 is 19.1 Å². The van der Waals surface area contributed by atoms with Gasteiger partial charge in [-0.3, -0.25) is 20.4 Å². The molecule has 1 aromatic carbocycles. The average molecular weight is 288 g/mol. The Bertz CT molecular complexity index is 597. The van der Waals surface area contributed by atoms with Crippen LogP contribution >= 0.6 is 0 Å². The molecule has 0 aromatic heterocycles. The molecule has 0 unspecified atom stereocenters. The first-order valence-corrected chi connectivity index (χ1v) is 6.88. The lowest BCUT2D eigenvalue weighted by molar-refractivity contribution is -0.122. The highest BCUT2D eigenvalue weighted by molar-refractivity contribution is 5.96. The zero-order valence-electron chi connectivity index (χ0n) is 11.4. The molecule has 0 bridgehead atoms. The number of allylic oxidation sites excluding steroid dienone is 2. The molecule has 110 valence electrons. The van der Waals surface area contributed by atoms with Gasteiger partial charge in [-0.05, 0) is 37.0 Å². The number of hydrogen-bond acceptors (Lipinski definition) is 4. The van der Waals surface area contributed by atoms with Gasteiger partial charge in [0.05, 0.1) is 0 Å². The van der Waals surface area contributed by atoms with Gasteiger partial charge in [0.2, 0.25) is 12.7 Å². The van der Waals surface area contributed by atoms with Crippen LogP contribution in [0.4, 0.5) is 0 Å². The van der Waals surface area contributed by atoms with Crippen LogP contribution in [0.2, 0.25) is 0 Å². The summed E-state index contributed by atoms with van der Waals surface area (Å²) in [6.45, 7) is 0.159. The van der Waals surface area contributed by atoms with Crippen LogP contribution in [0.25, 0.3) is 0 Å². The lowest BCUT2D eigenvalue weighted by Crippen LogP contribution is -2.42. The van der Waals surface area contributed by atoms with E-state index in [9.17, 15) is 9.59 Å². The molecule has 1 aromatic rings. The van der Waals surface area contributed by atoms with Crippen LogP contribution in [0.3, 0.4) is 0 Å². The Labute approximate surface area is 122 Å². The zero-order valence-corrected chi connectivity index (χ0v) is 11.4. The van der Waals surface area contributed by atoms with Crippen molar-refractivity contribution in [3.8, 4) is 11.5 Å². The molecule has 0 radical (unpaired) electrons. The van der Waals surface area contributed by atoms with Crippen LogP contribution in [-0.4, -0.2) is 18.6 Å². The number of nitrogens with one attached hydrogen (secondary N) is 2. The molecule has 1 atom stereocenters. The molecule has 1 heterocycles. The fourth-order valence-corrected chi connectivity index (χ4v) is 2.39. The molecule has 0 fully saturated rings. The molecule has 3 rings (SSSR count). The summed E-state index contributed by atoms with van der Waals surface area (Å²) in [7, 11) is 0. The number of carbonyl (C=O) groups is 2. The Morgan fingerprint density at radius 1 is 1.19 bits per heavy atom. The minimum absolute atomic E-state index is 0.159. The van der Waals surface area contributed by atoms with E-state index in [1.54, 1.807) is 18.2 Å². The van der Waals surface area contributed by atoms with E-state index < -0.39 is 0 Å². The van der Waals surface area contributed by atoms with Gasteiger partial charge in [-0.2, -0.15) is 0 Å². The lowest BCUT2D eigenvalue weighted by Gasteiger charge is -2.10. The van der Waals surface area contributed by atoms with Gasteiger partial charge in [0.1, 0.15) is 0 Å². The molecule has 1 aliphatic carbocycles. The molecular weight excluding hydrogens is 272 g/mol. The van der Waals surface area contributed by atoms with Crippen LogP contribution in [0.5, 0.6) is 11.5 Å². The second kappa shape index (κ2) is 5.87. The highest BCUT2D eigenvalue weighted by Gasteiger charge is 2.17. The normalized spacial score (nSPS) is 18.6. The van der Waals surface area contributed by atoms with Gasteiger partial charge in [-0.15, -0.1) is 0 Å². The number of benzene rings is 1. The predicted octanol–water partition coefficient (Wildman–Crippen LogP) is 1.53. The van der Waals surface area contributed by atoms with Crippen LogP contribution in [0.15, 0.2) is 30.4 Å². The summed E-state index contributed by atoms with van der Waals surface area (Å²) in [5, 5.41) is 0. The van der Waals surface area contributed by atoms with E-state index in [0.29, 0.717) is 23.5 Å². The van der Waals surface area contributed by atoms with E-state index in [2.05, 4.69) is 16.9 Å². The fraction of sp³-hybridized carbons (Fsp3) is 0.333. The smallest absolute Gasteiger partial charge is 0.269 e. The van der Waals surface area contributed by atoms with Gasteiger partial charge in [0.25, 0.3) is 5.91 Å². The van der Waals surface area contributed by atoms with E-state index in [4.69, 9.17) is 9.47 Å². The van der Waals surface area contributed by atoms with Crippen LogP contribution in [0, 0.1) is 5.92 Å². The van der Waals surface area contributed by atoms with Gasteiger partial charge in [-0.1, -0.05) is 12.2 Å². The minimum atomic E-state index is -0.386. The maximum Gasteiger partial charge on any atom is 0.269 e. The Balaban J connectivity index is 1.51. The minimum Gasteiger partial charge on any atom is -0.454 e. The molecule has 0 saturated heterocycles. The second-order valence-electron chi connectivity index (χ2n) is 5.04. The third kappa shape index (κ3) is 3.16. The Hall–Kier alpha value is -2.50. The van der Waals surface area contributed by atoms with E-state index in [1.165, 1.54) is 0 Å². The Morgan fingerprint density at radius 3 is 2.86 bits per heavy atom. The van der Waals surface area contributed by atoms with E-state index >= 15 is 0 Å². The van der Waals surface area contributed by atoms with Gasteiger partial charge < -0.3 is 9.47 Å². The molecule has 0 spiro atoms. The standard InChI is InChI=1S/C15H16N2O4/c18-14(7-10-3-1-2-4-10)16-17-15(19)11-5-6-12-13(8-11)21-9-20-12/h1,3,5-6,8,10H,2,4,7,9H2,(H,16,18)(H,17,19)/t10-/m0/s1. The van der Waals surface area contributed by atoms with Crippen molar-refractivity contribution >= 4 is 11.8 Å². The monoisotopic (exact) mass is 288 g/mol. The largest absolute Gasteiger partial charge is 0.454 e. The van der Waals surface area contributed by atoms with Crippen molar-refractivity contribution in [2.75, 3.05) is 6.79 Å². The summed E-state index contributed by atoms with van der Waals surface area (Å²) in [6.07, 6.45) is 6.51. The van der Waals surface area contributed by atoms with Crippen molar-refractivity contribution in [2.24, 2.45) is 5.92 Å². The number of amides is 2. The van der Waals surface area contributed by atoms with Crippen LogP contribution in [-0.2, 0) is 4.79 Å². The number of rotatable bonds is 3. The van der Waals surface area contributed by atoms with Gasteiger partial charge in [0, 0.05) is 12.0 Å². The van der Waals surface area contributed by atoms with Gasteiger partial charge in [0.15, 0.2) is 11.5 Å². The molecule has 1 aliphatic heterocycles. The highest BCUT2D eigenvalue weighted by Crippen LogP contribution is 2.32. The molecule has 6 nitrogen and oxygen atoms in total. The fourth-order valence-electron chi connectivity index (χ4n) is 2.39. The molecule has 6 heteroatoms. The quantitative estimate of drug-likeness (QED) is 0.653. The summed E-state index contributed by atoms with van der Waals surface area (Å²) in [4.78, 5) is 23.7. The van der Waals surface area contributed by atoms with Gasteiger partial charge in [-0.25, -0.2) is 0 Å². The van der Waals surface area contributed by atoms with Crippen molar-refractivity contribution in [3.05, 3.63) is 35.9 Å². The molecule has 2 amide bonds. The van der Waals surface area contributed by atoms with E-state index in [0.717, 1.165) is 12.8 Å². The van der Waals surface area contributed by atoms with Crippen LogP contribution < -0.4 is 20.3 Å². The van der Waals surface area contributed by atoms with Gasteiger partial charge >= 0.3 is 0 Å².